The Hall–Kier alpha value is -1.85. The number of fused-ring (bicyclic) bond motifs is 1. The zero-order valence-corrected chi connectivity index (χ0v) is 13.2. The highest BCUT2D eigenvalue weighted by atomic mass is 79.9. The molecule has 2 N–H and O–H groups in total. The molecule has 0 bridgehead atoms. The second-order valence-corrected chi connectivity index (χ2v) is 5.88. The molecule has 3 rings (SSSR count). The first-order chi connectivity index (χ1) is 10.1. The summed E-state index contributed by atoms with van der Waals surface area (Å²) in [5, 5.41) is 11.2. The lowest BCUT2D eigenvalue weighted by atomic mass is 10.1. The highest BCUT2D eigenvalue weighted by Crippen LogP contribution is 2.21. The Labute approximate surface area is 134 Å². The van der Waals surface area contributed by atoms with E-state index in [1.807, 2.05) is 24.3 Å². The van der Waals surface area contributed by atoms with E-state index in [9.17, 15) is 4.79 Å². The van der Waals surface area contributed by atoms with Gasteiger partial charge in [0, 0.05) is 21.4 Å². The number of hydrogen-bond acceptors (Lipinski definition) is 2. The van der Waals surface area contributed by atoms with Gasteiger partial charge in [-0.3, -0.25) is 9.89 Å². The third kappa shape index (κ3) is 2.94. The van der Waals surface area contributed by atoms with Gasteiger partial charge in [0.1, 0.15) is 0 Å². The lowest BCUT2D eigenvalue weighted by Crippen LogP contribution is -2.23. The van der Waals surface area contributed by atoms with Gasteiger partial charge in [0.05, 0.1) is 17.3 Å². The van der Waals surface area contributed by atoms with E-state index in [0.29, 0.717) is 17.1 Å². The molecule has 21 heavy (non-hydrogen) atoms. The van der Waals surface area contributed by atoms with E-state index in [-0.39, 0.29) is 5.91 Å². The van der Waals surface area contributed by atoms with Gasteiger partial charge in [0.2, 0.25) is 0 Å². The second kappa shape index (κ2) is 5.87. The van der Waals surface area contributed by atoms with E-state index >= 15 is 0 Å². The Morgan fingerprint density at radius 1 is 1.33 bits per heavy atom. The van der Waals surface area contributed by atoms with E-state index in [0.717, 1.165) is 20.9 Å². The maximum Gasteiger partial charge on any atom is 0.253 e. The maximum absolute atomic E-state index is 12.3. The minimum atomic E-state index is -0.163. The van der Waals surface area contributed by atoms with Gasteiger partial charge in [-0.05, 0) is 23.8 Å². The molecule has 3 aromatic rings. The number of benzene rings is 2. The number of amides is 1. The number of nitrogens with zero attached hydrogens (tertiary/aromatic N) is 1. The van der Waals surface area contributed by atoms with Crippen molar-refractivity contribution in [3.05, 3.63) is 63.2 Å². The van der Waals surface area contributed by atoms with Crippen LogP contribution in [0.25, 0.3) is 10.9 Å². The lowest BCUT2D eigenvalue weighted by molar-refractivity contribution is 0.0952. The number of hydrogen-bond donors (Lipinski definition) is 2. The molecule has 1 amide bonds. The Balaban J connectivity index is 1.79. The van der Waals surface area contributed by atoms with E-state index in [1.54, 1.807) is 18.3 Å². The molecule has 1 heterocycles. The van der Waals surface area contributed by atoms with Crippen LogP contribution in [0, 0.1) is 0 Å². The average molecular weight is 365 g/mol. The molecule has 2 aromatic carbocycles. The highest BCUT2D eigenvalue weighted by molar-refractivity contribution is 9.10. The number of aromatic amines is 1. The van der Waals surface area contributed by atoms with E-state index in [1.165, 1.54) is 0 Å². The van der Waals surface area contributed by atoms with Gasteiger partial charge in [0.25, 0.3) is 5.91 Å². The molecule has 0 saturated heterocycles. The van der Waals surface area contributed by atoms with Gasteiger partial charge in [-0.1, -0.05) is 45.7 Å². The summed E-state index contributed by atoms with van der Waals surface area (Å²) in [7, 11) is 0. The van der Waals surface area contributed by atoms with Crippen molar-refractivity contribution in [1.29, 1.82) is 0 Å². The molecule has 0 saturated carbocycles. The maximum atomic E-state index is 12.3. The first-order valence-electron chi connectivity index (χ1n) is 6.29. The summed E-state index contributed by atoms with van der Waals surface area (Å²) in [6, 6.07) is 11.1. The summed E-state index contributed by atoms with van der Waals surface area (Å²) in [6.45, 7) is 0.371. The Morgan fingerprint density at radius 2 is 2.19 bits per heavy atom. The summed E-state index contributed by atoms with van der Waals surface area (Å²) in [5.74, 6) is -0.163. The van der Waals surface area contributed by atoms with Gasteiger partial charge < -0.3 is 5.32 Å². The van der Waals surface area contributed by atoms with Crippen LogP contribution in [0.2, 0.25) is 5.02 Å². The third-order valence-corrected chi connectivity index (χ3v) is 4.02. The van der Waals surface area contributed by atoms with Crippen LogP contribution in [0.15, 0.2) is 47.1 Å². The minimum Gasteiger partial charge on any atom is -0.348 e. The quantitative estimate of drug-likeness (QED) is 0.740. The molecule has 0 atom stereocenters. The fourth-order valence-corrected chi connectivity index (χ4v) is 2.83. The number of halogens is 2. The molecule has 0 aliphatic carbocycles. The van der Waals surface area contributed by atoms with Crippen molar-refractivity contribution in [3.63, 3.8) is 0 Å². The number of H-pyrrole nitrogens is 1. The minimum absolute atomic E-state index is 0.163. The summed E-state index contributed by atoms with van der Waals surface area (Å²) < 4.78 is 0.907. The monoisotopic (exact) mass is 363 g/mol. The van der Waals surface area contributed by atoms with Crippen LogP contribution in [0.5, 0.6) is 0 Å². The molecule has 0 radical (unpaired) electrons. The van der Waals surface area contributed by atoms with Gasteiger partial charge in [-0.2, -0.15) is 5.10 Å². The standard InChI is InChI=1S/C15H11BrClN3O/c16-11-5-4-9(13(17)6-11)7-18-15(21)12-3-1-2-10-8-19-20-14(10)12/h1-6,8H,7H2,(H,18,21)(H,19,20). The van der Waals surface area contributed by atoms with Crippen LogP contribution >= 0.6 is 27.5 Å². The first kappa shape index (κ1) is 14.1. The SMILES string of the molecule is O=C(NCc1ccc(Br)cc1Cl)c1cccc2cn[nH]c12. The van der Waals surface area contributed by atoms with Crippen molar-refractivity contribution in [2.45, 2.75) is 6.54 Å². The topological polar surface area (TPSA) is 57.8 Å². The largest absolute Gasteiger partial charge is 0.348 e. The van der Waals surface area contributed by atoms with Gasteiger partial charge in [0.15, 0.2) is 0 Å². The molecular weight excluding hydrogens is 354 g/mol. The summed E-state index contributed by atoms with van der Waals surface area (Å²) >= 11 is 9.49. The molecule has 0 aliphatic rings. The zero-order valence-electron chi connectivity index (χ0n) is 10.9. The fourth-order valence-electron chi connectivity index (χ4n) is 2.09. The normalized spacial score (nSPS) is 10.8. The van der Waals surface area contributed by atoms with Crippen LogP contribution in [0.4, 0.5) is 0 Å². The van der Waals surface area contributed by atoms with E-state index in [4.69, 9.17) is 11.6 Å². The Morgan fingerprint density at radius 3 is 3.00 bits per heavy atom. The molecule has 0 fully saturated rings. The number of para-hydroxylation sites is 1. The molecular formula is C15H11BrClN3O. The number of carbonyl (C=O) groups excluding carboxylic acids is 1. The van der Waals surface area contributed by atoms with Crippen molar-refractivity contribution < 1.29 is 4.79 Å². The van der Waals surface area contributed by atoms with Crippen LogP contribution < -0.4 is 5.32 Å². The molecule has 0 aliphatic heterocycles. The van der Waals surface area contributed by atoms with Crippen LogP contribution in [0.1, 0.15) is 15.9 Å². The number of rotatable bonds is 3. The van der Waals surface area contributed by atoms with Gasteiger partial charge in [-0.25, -0.2) is 0 Å². The van der Waals surface area contributed by atoms with E-state index < -0.39 is 0 Å². The number of carbonyl (C=O) groups is 1. The number of aromatic nitrogens is 2. The predicted molar refractivity (Wildman–Crippen MR) is 86.4 cm³/mol. The van der Waals surface area contributed by atoms with E-state index in [2.05, 4.69) is 31.4 Å². The van der Waals surface area contributed by atoms with Crippen molar-refractivity contribution in [2.24, 2.45) is 0 Å². The molecule has 0 unspecified atom stereocenters. The third-order valence-electron chi connectivity index (χ3n) is 3.18. The first-order valence-corrected chi connectivity index (χ1v) is 7.46. The smallest absolute Gasteiger partial charge is 0.253 e. The number of nitrogens with one attached hydrogen (secondary N) is 2. The van der Waals surface area contributed by atoms with Crippen molar-refractivity contribution in [3.8, 4) is 0 Å². The van der Waals surface area contributed by atoms with Crippen LogP contribution in [-0.2, 0) is 6.54 Å². The van der Waals surface area contributed by atoms with Crippen molar-refractivity contribution in [1.82, 2.24) is 15.5 Å². The molecule has 6 heteroatoms. The summed E-state index contributed by atoms with van der Waals surface area (Å²) in [4.78, 5) is 12.3. The Bertz CT molecular complexity index is 816. The van der Waals surface area contributed by atoms with Gasteiger partial charge >= 0.3 is 0 Å². The highest BCUT2D eigenvalue weighted by Gasteiger charge is 2.11. The lowest BCUT2D eigenvalue weighted by Gasteiger charge is -2.08. The molecule has 106 valence electrons. The Kier molecular flexibility index (Phi) is 3.94. The average Bonchev–Trinajstić information content (AvgIpc) is 2.94. The van der Waals surface area contributed by atoms with Crippen molar-refractivity contribution >= 4 is 44.3 Å². The summed E-state index contributed by atoms with van der Waals surface area (Å²) in [6.07, 6.45) is 1.69. The molecule has 4 nitrogen and oxygen atoms in total. The molecule has 0 spiro atoms. The molecule has 1 aromatic heterocycles. The fraction of sp³-hybridized carbons (Fsp3) is 0.0667. The van der Waals surface area contributed by atoms with Crippen molar-refractivity contribution in [2.75, 3.05) is 0 Å². The van der Waals surface area contributed by atoms with Crippen LogP contribution in [-0.4, -0.2) is 16.1 Å². The summed E-state index contributed by atoms with van der Waals surface area (Å²) in [5.41, 5.74) is 2.17. The van der Waals surface area contributed by atoms with Crippen LogP contribution in [0.3, 0.4) is 0 Å². The zero-order chi connectivity index (χ0) is 14.8. The second-order valence-electron chi connectivity index (χ2n) is 4.56. The van der Waals surface area contributed by atoms with Gasteiger partial charge in [-0.15, -0.1) is 0 Å². The predicted octanol–water partition coefficient (Wildman–Crippen LogP) is 3.91.